The summed E-state index contributed by atoms with van der Waals surface area (Å²) >= 11 is 0. The first-order valence-electron chi connectivity index (χ1n) is 9.19. The lowest BCUT2D eigenvalue weighted by Crippen LogP contribution is -2.63. The van der Waals surface area contributed by atoms with Crippen molar-refractivity contribution in [3.8, 4) is 0 Å². The molecule has 2 aliphatic rings. The third-order valence-corrected chi connectivity index (χ3v) is 5.97. The van der Waals surface area contributed by atoms with Crippen LogP contribution in [0.4, 0.5) is 0 Å². The molecule has 0 radical (unpaired) electrons. The zero-order chi connectivity index (χ0) is 27.6. The van der Waals surface area contributed by atoms with E-state index in [1.54, 1.807) is 0 Å². The molecule has 23 heteroatoms. The molecule has 0 aromatic carbocycles. The number of rotatable bonds is 11. The first kappa shape index (κ1) is 30.6. The van der Waals surface area contributed by atoms with E-state index >= 15 is 0 Å². The zero-order valence-electron chi connectivity index (χ0n) is 17.2. The Hall–Kier alpha value is -1.61. The minimum atomic E-state index is -5.79. The highest BCUT2D eigenvalue weighted by molar-refractivity contribution is 7.81. The van der Waals surface area contributed by atoms with Crippen LogP contribution in [0, 0.1) is 0 Å². The van der Waals surface area contributed by atoms with E-state index in [4.69, 9.17) is 14.2 Å². The fraction of sp³-hybridized carbons (Fsp3) is 0.846. The average molecular weight is 587 g/mol. The number of hydrogen-bond acceptors (Lipinski definition) is 20. The van der Waals surface area contributed by atoms with E-state index in [9.17, 15) is 63.8 Å². The molecule has 2 rings (SSSR count). The van der Waals surface area contributed by atoms with Crippen molar-refractivity contribution in [2.75, 3.05) is 6.61 Å². The van der Waals surface area contributed by atoms with Gasteiger partial charge in [-0.25, -0.2) is 25.3 Å². The molecule has 0 spiro atoms. The van der Waals surface area contributed by atoms with Gasteiger partial charge in [-0.15, -0.1) is 0 Å². The number of carboxylic acids is 2. The van der Waals surface area contributed by atoms with Gasteiger partial charge >= 0.3 is 0 Å². The Morgan fingerprint density at radius 1 is 0.861 bits per heavy atom. The van der Waals surface area contributed by atoms with Crippen LogP contribution in [0.1, 0.15) is 12.8 Å². The quantitative estimate of drug-likeness (QED) is 0.173. The number of carbonyl (C=O) groups excluding carboxylic acids is 2. The molecule has 8 atom stereocenters. The van der Waals surface area contributed by atoms with E-state index in [1.807, 2.05) is 0 Å². The van der Waals surface area contributed by atoms with Crippen molar-refractivity contribution >= 4 is 43.1 Å². The van der Waals surface area contributed by atoms with Gasteiger partial charge in [0.15, 0.2) is 12.4 Å². The van der Waals surface area contributed by atoms with Crippen LogP contribution in [-0.2, 0) is 67.5 Å². The topological polar surface area (TPSA) is 327 Å². The molecule has 2 aliphatic heterocycles. The molecule has 8 unspecified atom stereocenters. The third-order valence-electron chi connectivity index (χ3n) is 4.54. The van der Waals surface area contributed by atoms with Crippen LogP contribution in [0.5, 0.6) is 0 Å². The van der Waals surface area contributed by atoms with Crippen molar-refractivity contribution < 1.29 is 90.6 Å². The number of aliphatic hydroxyl groups is 1. The van der Waals surface area contributed by atoms with Gasteiger partial charge in [-0.1, -0.05) is 0 Å². The summed E-state index contributed by atoms with van der Waals surface area (Å²) in [7, 11) is -17.0. The summed E-state index contributed by atoms with van der Waals surface area (Å²) in [6.07, 6.45) is -20.3. The van der Waals surface area contributed by atoms with Gasteiger partial charge < -0.3 is 52.8 Å². The molecule has 0 saturated carbocycles. The second-order valence-electron chi connectivity index (χ2n) is 7.16. The summed E-state index contributed by atoms with van der Waals surface area (Å²) in [6, 6.07) is 0. The van der Waals surface area contributed by atoms with Gasteiger partial charge in [-0.2, -0.15) is 0 Å². The summed E-state index contributed by atoms with van der Waals surface area (Å²) in [5.41, 5.74) is 0. The summed E-state index contributed by atoms with van der Waals surface area (Å²) in [4.78, 5) is 22.4. The summed E-state index contributed by atoms with van der Waals surface area (Å²) in [5.74, 6) is -3.96. The maximum absolute atomic E-state index is 11.4. The highest BCUT2D eigenvalue weighted by Crippen LogP contribution is 2.32. The fourth-order valence-electron chi connectivity index (χ4n) is 3.33. The Labute approximate surface area is 202 Å². The van der Waals surface area contributed by atoms with Gasteiger partial charge in [0.2, 0.25) is 31.2 Å². The van der Waals surface area contributed by atoms with Crippen molar-refractivity contribution in [3.63, 3.8) is 0 Å². The molecule has 2 fully saturated rings. The lowest BCUT2D eigenvalue weighted by molar-refractivity contribution is -0.345. The van der Waals surface area contributed by atoms with Gasteiger partial charge in [-0.05, 0) is 0 Å². The molecular weight excluding hydrogens is 572 g/mol. The first-order chi connectivity index (χ1) is 16.3. The monoisotopic (exact) mass is 587 g/mol. The second kappa shape index (κ2) is 11.4. The number of aliphatic carboxylic acids is 2. The Kier molecular flexibility index (Phi) is 9.71. The molecule has 0 aromatic rings. The van der Waals surface area contributed by atoms with Crippen LogP contribution in [0.2, 0.25) is 0 Å². The molecule has 0 amide bonds. The molecule has 0 aromatic heterocycles. The van der Waals surface area contributed by atoms with E-state index in [2.05, 4.69) is 12.5 Å². The molecular formula is C13H15O20S3-5. The maximum Gasteiger partial charge on any atom is 0.218 e. The predicted molar refractivity (Wildman–Crippen MR) is 92.2 cm³/mol. The Morgan fingerprint density at radius 3 is 1.86 bits per heavy atom. The van der Waals surface area contributed by atoms with Gasteiger partial charge in [0.1, 0.15) is 30.5 Å². The Morgan fingerprint density at radius 2 is 1.39 bits per heavy atom. The molecule has 36 heavy (non-hydrogen) atoms. The second-order valence-corrected chi connectivity index (χ2v) is 10.2. The maximum atomic E-state index is 11.4. The average Bonchev–Trinajstić information content (AvgIpc) is 2.63. The van der Waals surface area contributed by atoms with Gasteiger partial charge in [-0.3, -0.25) is 12.5 Å². The molecule has 2 saturated heterocycles. The summed E-state index contributed by atoms with van der Waals surface area (Å²) in [6.45, 7) is -1.03. The summed E-state index contributed by atoms with van der Waals surface area (Å²) < 4.78 is 126. The lowest BCUT2D eigenvalue weighted by atomic mass is 9.98. The van der Waals surface area contributed by atoms with E-state index in [-0.39, 0.29) is 0 Å². The van der Waals surface area contributed by atoms with Crippen LogP contribution < -0.4 is 10.2 Å². The van der Waals surface area contributed by atoms with Crippen molar-refractivity contribution in [1.29, 1.82) is 0 Å². The van der Waals surface area contributed by atoms with E-state index in [0.717, 1.165) is 0 Å². The minimum Gasteiger partial charge on any atom is -0.726 e. The zero-order valence-corrected chi connectivity index (χ0v) is 19.6. The molecule has 0 aliphatic carbocycles. The van der Waals surface area contributed by atoms with Crippen LogP contribution >= 0.6 is 0 Å². The van der Waals surface area contributed by atoms with Gasteiger partial charge in [0, 0.05) is 18.8 Å². The predicted octanol–water partition coefficient (Wildman–Crippen LogP) is -7.33. The number of carbonyl (C=O) groups is 2. The van der Waals surface area contributed by atoms with Crippen molar-refractivity contribution in [2.45, 2.75) is 61.9 Å². The Bertz CT molecular complexity index is 1130. The molecule has 2 heterocycles. The van der Waals surface area contributed by atoms with Crippen molar-refractivity contribution in [2.24, 2.45) is 0 Å². The van der Waals surface area contributed by atoms with Crippen LogP contribution in [0.3, 0.4) is 0 Å². The number of carboxylic acid groups (broad SMARTS) is 2. The van der Waals surface area contributed by atoms with Crippen molar-refractivity contribution in [3.05, 3.63) is 0 Å². The molecule has 210 valence electrons. The SMILES string of the molecule is O=C([O-])CC1CC(OS(=O)(=O)[O-])C(OS(=O)(=O)[O-])C(OC2C(C(=O)[O-])OCC(OS(=O)(=O)[O-])C2O)O1. The number of aliphatic hydroxyl groups excluding tert-OH is 1. The fourth-order valence-corrected chi connectivity index (χ4v) is 4.78. The molecule has 0 bridgehead atoms. The first-order valence-corrected chi connectivity index (χ1v) is 13.2. The summed E-state index contributed by atoms with van der Waals surface area (Å²) in [5, 5.41) is 32.7. The van der Waals surface area contributed by atoms with Gasteiger partial charge in [0.05, 0.1) is 18.7 Å². The van der Waals surface area contributed by atoms with Gasteiger partial charge in [0.25, 0.3) is 0 Å². The highest BCUT2D eigenvalue weighted by atomic mass is 32.3. The van der Waals surface area contributed by atoms with E-state index < -0.39 is 112 Å². The molecule has 20 nitrogen and oxygen atoms in total. The minimum absolute atomic E-state index is 0.927. The standard InChI is InChI=1S/C13H20O20S3/c14-7(15)2-4-1-5(31-34(19,20)21)9(33-36(25,26)27)13(29-4)30-10-8(16)6(32-35(22,23)24)3-28-11(10)12(17)18/h4-6,8-11,13,16H,1-3H2,(H,14,15)(H,17,18)(H,19,20,21)(H,22,23,24)(H,25,26,27)/p-5. The highest BCUT2D eigenvalue weighted by Gasteiger charge is 2.49. The van der Waals surface area contributed by atoms with Crippen molar-refractivity contribution in [1.82, 2.24) is 0 Å². The van der Waals surface area contributed by atoms with Crippen LogP contribution in [-0.4, -0.2) is 112 Å². The van der Waals surface area contributed by atoms with Crippen LogP contribution in [0.15, 0.2) is 0 Å². The number of hydrogen-bond donors (Lipinski definition) is 1. The van der Waals surface area contributed by atoms with E-state index in [1.165, 1.54) is 0 Å². The molecule has 1 N–H and O–H groups in total. The largest absolute Gasteiger partial charge is 0.726 e. The lowest BCUT2D eigenvalue weighted by Gasteiger charge is -2.45. The van der Waals surface area contributed by atoms with E-state index in [0.29, 0.717) is 0 Å². The van der Waals surface area contributed by atoms with Crippen LogP contribution in [0.25, 0.3) is 0 Å². The Balaban J connectivity index is 2.48. The third kappa shape index (κ3) is 9.36. The number of ether oxygens (including phenoxy) is 3. The normalized spacial score (nSPS) is 34.2. The smallest absolute Gasteiger partial charge is 0.218 e.